The first-order chi connectivity index (χ1) is 12.1. The van der Waals surface area contributed by atoms with E-state index >= 15 is 0 Å². The lowest BCUT2D eigenvalue weighted by molar-refractivity contribution is -0.151. The van der Waals surface area contributed by atoms with Crippen LogP contribution < -0.4 is 0 Å². The van der Waals surface area contributed by atoms with E-state index in [4.69, 9.17) is 14.2 Å². The van der Waals surface area contributed by atoms with Crippen LogP contribution in [0.15, 0.2) is 0 Å². The average Bonchev–Trinajstić information content (AvgIpc) is 2.61. The van der Waals surface area contributed by atoms with Crippen molar-refractivity contribution in [3.05, 3.63) is 0 Å². The smallest absolute Gasteiger partial charge is 0.306 e. The van der Waals surface area contributed by atoms with Gasteiger partial charge in [-0.3, -0.25) is 9.59 Å². The Morgan fingerprint density at radius 1 is 0.760 bits per heavy atom. The van der Waals surface area contributed by atoms with Crippen molar-refractivity contribution in [2.45, 2.75) is 84.5 Å². The Morgan fingerprint density at radius 2 is 1.40 bits per heavy atom. The van der Waals surface area contributed by atoms with Gasteiger partial charge in [-0.25, -0.2) is 0 Å². The van der Waals surface area contributed by atoms with Crippen molar-refractivity contribution < 1.29 is 23.8 Å². The molecule has 0 aliphatic rings. The maximum atomic E-state index is 11.8. The summed E-state index contributed by atoms with van der Waals surface area (Å²) in [4.78, 5) is 23.4. The van der Waals surface area contributed by atoms with Gasteiger partial charge in [-0.2, -0.15) is 0 Å². The number of carbonyl (C=O) groups is 2. The molecule has 0 aliphatic heterocycles. The summed E-state index contributed by atoms with van der Waals surface area (Å²) < 4.78 is 15.6. The summed E-state index contributed by atoms with van der Waals surface area (Å²) in [5, 5.41) is 0. The molecule has 0 spiro atoms. The number of methoxy groups -OCH3 is 1. The minimum atomic E-state index is -0.319. The van der Waals surface area contributed by atoms with E-state index in [1.54, 1.807) is 7.11 Å². The molecule has 0 aromatic rings. The van der Waals surface area contributed by atoms with Crippen LogP contribution in [0.3, 0.4) is 0 Å². The second-order valence-electron chi connectivity index (χ2n) is 6.61. The van der Waals surface area contributed by atoms with Crippen molar-refractivity contribution in [3.8, 4) is 0 Å². The van der Waals surface area contributed by atoms with E-state index in [0.717, 1.165) is 44.9 Å². The van der Waals surface area contributed by atoms with E-state index in [-0.39, 0.29) is 24.8 Å². The quantitative estimate of drug-likeness (QED) is 0.279. The molecule has 1 unspecified atom stereocenters. The van der Waals surface area contributed by atoms with E-state index in [0.29, 0.717) is 25.7 Å². The molecule has 0 heterocycles. The molecule has 0 fully saturated rings. The zero-order valence-electron chi connectivity index (χ0n) is 16.5. The maximum absolute atomic E-state index is 11.8. The molecule has 0 aliphatic carbocycles. The standard InChI is InChI=1S/C20H38O5/c1-4-6-8-10-15-24-19(21)12-13-20(22)25-17-18(14-16-23-3)11-9-7-5-2/h18H,4-17H2,1-3H3. The number of esters is 2. The highest BCUT2D eigenvalue weighted by Gasteiger charge is 2.13. The van der Waals surface area contributed by atoms with Gasteiger partial charge in [0, 0.05) is 13.7 Å². The molecule has 0 aromatic carbocycles. The number of ether oxygens (including phenoxy) is 3. The fourth-order valence-corrected chi connectivity index (χ4v) is 2.55. The lowest BCUT2D eigenvalue weighted by Crippen LogP contribution is -2.17. The lowest BCUT2D eigenvalue weighted by atomic mass is 9.99. The summed E-state index contributed by atoms with van der Waals surface area (Å²) in [6.07, 6.45) is 9.94. The predicted octanol–water partition coefficient (Wildman–Crippen LogP) is 4.67. The third-order valence-electron chi connectivity index (χ3n) is 4.22. The highest BCUT2D eigenvalue weighted by atomic mass is 16.5. The van der Waals surface area contributed by atoms with Crippen LogP contribution in [0.2, 0.25) is 0 Å². The van der Waals surface area contributed by atoms with Gasteiger partial charge in [-0.15, -0.1) is 0 Å². The fourth-order valence-electron chi connectivity index (χ4n) is 2.55. The monoisotopic (exact) mass is 358 g/mol. The molecule has 0 N–H and O–H groups in total. The first kappa shape index (κ1) is 23.9. The van der Waals surface area contributed by atoms with Crippen molar-refractivity contribution in [2.75, 3.05) is 26.9 Å². The van der Waals surface area contributed by atoms with Crippen LogP contribution in [-0.2, 0) is 23.8 Å². The predicted molar refractivity (Wildman–Crippen MR) is 99.4 cm³/mol. The van der Waals surface area contributed by atoms with Gasteiger partial charge in [0.05, 0.1) is 26.1 Å². The van der Waals surface area contributed by atoms with Crippen molar-refractivity contribution in [3.63, 3.8) is 0 Å². The largest absolute Gasteiger partial charge is 0.466 e. The number of hydrogen-bond acceptors (Lipinski definition) is 5. The molecule has 0 saturated carbocycles. The SMILES string of the molecule is CCCCCCOC(=O)CCC(=O)OCC(CCCCC)CCOC. The Kier molecular flexibility index (Phi) is 16.9. The van der Waals surface area contributed by atoms with Gasteiger partial charge < -0.3 is 14.2 Å². The molecule has 0 saturated heterocycles. The summed E-state index contributed by atoms with van der Waals surface area (Å²) >= 11 is 0. The highest BCUT2D eigenvalue weighted by Crippen LogP contribution is 2.15. The van der Waals surface area contributed by atoms with Crippen LogP contribution in [0.25, 0.3) is 0 Å². The number of rotatable bonds is 17. The average molecular weight is 359 g/mol. The first-order valence-corrected chi connectivity index (χ1v) is 9.94. The topological polar surface area (TPSA) is 61.8 Å². The number of hydrogen-bond donors (Lipinski definition) is 0. The lowest BCUT2D eigenvalue weighted by Gasteiger charge is -2.16. The molecule has 0 aromatic heterocycles. The van der Waals surface area contributed by atoms with Crippen LogP contribution in [0.5, 0.6) is 0 Å². The summed E-state index contributed by atoms with van der Waals surface area (Å²) in [5.74, 6) is -0.297. The van der Waals surface area contributed by atoms with E-state index in [9.17, 15) is 9.59 Å². The second-order valence-corrected chi connectivity index (χ2v) is 6.61. The van der Waals surface area contributed by atoms with Crippen molar-refractivity contribution >= 4 is 11.9 Å². The molecule has 148 valence electrons. The van der Waals surface area contributed by atoms with Crippen LogP contribution in [0.4, 0.5) is 0 Å². The summed E-state index contributed by atoms with van der Waals surface area (Å²) in [5.41, 5.74) is 0. The van der Waals surface area contributed by atoms with Gasteiger partial charge in [0.25, 0.3) is 0 Å². The Labute approximate surface area is 153 Å². The van der Waals surface area contributed by atoms with E-state index < -0.39 is 0 Å². The molecular weight excluding hydrogens is 320 g/mol. The molecule has 0 rings (SSSR count). The molecule has 0 bridgehead atoms. The fraction of sp³-hybridized carbons (Fsp3) is 0.900. The molecule has 0 radical (unpaired) electrons. The normalized spacial score (nSPS) is 12.0. The Balaban J connectivity index is 3.83. The van der Waals surface area contributed by atoms with Crippen molar-refractivity contribution in [1.82, 2.24) is 0 Å². The van der Waals surface area contributed by atoms with Gasteiger partial charge in [0.15, 0.2) is 0 Å². The Morgan fingerprint density at radius 3 is 2.04 bits per heavy atom. The molecular formula is C20H38O5. The third kappa shape index (κ3) is 16.1. The zero-order chi connectivity index (χ0) is 18.8. The van der Waals surface area contributed by atoms with Crippen molar-refractivity contribution in [2.24, 2.45) is 5.92 Å². The summed E-state index contributed by atoms with van der Waals surface area (Å²) in [6, 6.07) is 0. The molecule has 0 amide bonds. The van der Waals surface area contributed by atoms with Gasteiger partial charge in [-0.05, 0) is 25.2 Å². The number of unbranched alkanes of at least 4 members (excludes halogenated alkanes) is 5. The third-order valence-corrected chi connectivity index (χ3v) is 4.22. The summed E-state index contributed by atoms with van der Waals surface area (Å²) in [6.45, 7) is 5.86. The van der Waals surface area contributed by atoms with Crippen LogP contribution in [-0.4, -0.2) is 38.9 Å². The molecule has 5 nitrogen and oxygen atoms in total. The van der Waals surface area contributed by atoms with Crippen molar-refractivity contribution in [1.29, 1.82) is 0 Å². The van der Waals surface area contributed by atoms with Crippen LogP contribution in [0, 0.1) is 5.92 Å². The van der Waals surface area contributed by atoms with E-state index in [2.05, 4.69) is 13.8 Å². The number of carbonyl (C=O) groups excluding carboxylic acids is 2. The molecule has 25 heavy (non-hydrogen) atoms. The van der Waals surface area contributed by atoms with E-state index in [1.165, 1.54) is 12.8 Å². The maximum Gasteiger partial charge on any atom is 0.306 e. The molecule has 1 atom stereocenters. The van der Waals surface area contributed by atoms with Crippen LogP contribution >= 0.6 is 0 Å². The zero-order valence-corrected chi connectivity index (χ0v) is 16.5. The van der Waals surface area contributed by atoms with Gasteiger partial charge in [0.2, 0.25) is 0 Å². The van der Waals surface area contributed by atoms with E-state index in [1.807, 2.05) is 0 Å². The van der Waals surface area contributed by atoms with Gasteiger partial charge in [0.1, 0.15) is 0 Å². The molecule has 5 heteroatoms. The minimum Gasteiger partial charge on any atom is -0.466 e. The van der Waals surface area contributed by atoms with Gasteiger partial charge >= 0.3 is 11.9 Å². The Bertz CT molecular complexity index is 330. The Hall–Kier alpha value is -1.10. The van der Waals surface area contributed by atoms with Gasteiger partial charge in [-0.1, -0.05) is 52.4 Å². The van der Waals surface area contributed by atoms with Crippen LogP contribution in [0.1, 0.15) is 84.5 Å². The first-order valence-electron chi connectivity index (χ1n) is 9.94. The minimum absolute atomic E-state index is 0.0970. The highest BCUT2D eigenvalue weighted by molar-refractivity contribution is 5.77. The summed E-state index contributed by atoms with van der Waals surface area (Å²) in [7, 11) is 1.68. The second kappa shape index (κ2) is 17.7.